The Morgan fingerprint density at radius 1 is 1.12 bits per heavy atom. The largest absolute Gasteiger partial charge is 0.573 e. The van der Waals surface area contributed by atoms with Crippen molar-refractivity contribution in [3.05, 3.63) is 89.0 Å². The Balaban J connectivity index is 1.26. The van der Waals surface area contributed by atoms with Gasteiger partial charge in [-0.25, -0.2) is 9.79 Å². The molecule has 1 fully saturated rings. The van der Waals surface area contributed by atoms with Crippen LogP contribution >= 0.6 is 11.8 Å². The summed E-state index contributed by atoms with van der Waals surface area (Å²) in [5.41, 5.74) is 4.80. The van der Waals surface area contributed by atoms with Crippen LogP contribution in [0, 0.1) is 12.3 Å². The highest BCUT2D eigenvalue weighted by Crippen LogP contribution is 2.30. The normalized spacial score (nSPS) is 14.4. The first-order valence-electron chi connectivity index (χ1n) is 13.3. The predicted octanol–water partition coefficient (Wildman–Crippen LogP) is 6.31. The number of aryl methyl sites for hydroxylation is 2. The molecule has 0 aliphatic carbocycles. The van der Waals surface area contributed by atoms with Crippen LogP contribution < -0.4 is 20.3 Å². The molecule has 4 rings (SSSR count). The van der Waals surface area contributed by atoms with Crippen LogP contribution in [0.5, 0.6) is 5.75 Å². The molecule has 3 aromatic carbocycles. The molecule has 1 saturated heterocycles. The van der Waals surface area contributed by atoms with E-state index in [1.165, 1.54) is 47.3 Å². The van der Waals surface area contributed by atoms with Gasteiger partial charge in [0, 0.05) is 17.8 Å². The zero-order chi connectivity index (χ0) is 31.0. The van der Waals surface area contributed by atoms with E-state index in [9.17, 15) is 22.8 Å². The lowest BCUT2D eigenvalue weighted by atomic mass is 10.1. The number of amides is 3. The molecular formula is C30H29F3N6O3S. The topological polar surface area (TPSA) is 119 Å². The lowest BCUT2D eigenvalue weighted by Crippen LogP contribution is -2.32. The van der Waals surface area contributed by atoms with Gasteiger partial charge in [0.2, 0.25) is 5.91 Å². The molecule has 224 valence electrons. The Morgan fingerprint density at radius 3 is 2.51 bits per heavy atom. The molecule has 3 aromatic rings. The summed E-state index contributed by atoms with van der Waals surface area (Å²) in [4.78, 5) is 34.8. The van der Waals surface area contributed by atoms with E-state index < -0.39 is 12.4 Å². The van der Waals surface area contributed by atoms with E-state index in [0.717, 1.165) is 28.8 Å². The molecule has 0 saturated carbocycles. The van der Waals surface area contributed by atoms with Crippen molar-refractivity contribution in [1.82, 2.24) is 5.32 Å². The van der Waals surface area contributed by atoms with Crippen molar-refractivity contribution in [3.63, 3.8) is 0 Å². The standard InChI is InChI=1S/C30H29F3N6O3S/c1-3-21-16-19(2)4-13-25(21)39-26(40)17-43-29(39)38-28(41)35-15-14-20-5-7-22(8-6-20)27(34)37-18-36-23-9-11-24(12-10-23)42-30(31,32)33/h4-13,16,18H,3,14-15,17H2,1-2H3,(H,35,41)(H2,34,36,37)/b38-29-. The number of ether oxygens (including phenoxy) is 1. The molecule has 9 nitrogen and oxygen atoms in total. The minimum Gasteiger partial charge on any atom is -0.406 e. The van der Waals surface area contributed by atoms with Crippen molar-refractivity contribution in [2.24, 2.45) is 9.98 Å². The van der Waals surface area contributed by atoms with E-state index in [-0.39, 0.29) is 23.2 Å². The maximum Gasteiger partial charge on any atom is 0.573 e. The highest BCUT2D eigenvalue weighted by molar-refractivity contribution is 8.15. The minimum absolute atomic E-state index is 0.0202. The molecule has 0 radical (unpaired) electrons. The van der Waals surface area contributed by atoms with Gasteiger partial charge in [0.25, 0.3) is 0 Å². The van der Waals surface area contributed by atoms with Crippen LogP contribution in [0.3, 0.4) is 0 Å². The van der Waals surface area contributed by atoms with Crippen molar-refractivity contribution >= 4 is 52.4 Å². The second-order valence-corrected chi connectivity index (χ2v) is 10.3. The van der Waals surface area contributed by atoms with Crippen molar-refractivity contribution in [2.45, 2.75) is 33.1 Å². The van der Waals surface area contributed by atoms with Crippen molar-refractivity contribution in [1.29, 1.82) is 5.41 Å². The van der Waals surface area contributed by atoms with Gasteiger partial charge in [0.05, 0.1) is 17.8 Å². The van der Waals surface area contributed by atoms with E-state index in [4.69, 9.17) is 5.41 Å². The fourth-order valence-corrected chi connectivity index (χ4v) is 5.02. The SMILES string of the molecule is CCc1cc(C)ccc1N1C(=O)CS/C1=N\C(=O)NCCc1ccc(C(=N)/N=C\Nc2ccc(OC(F)(F)F)cc2)cc1. The zero-order valence-corrected chi connectivity index (χ0v) is 24.2. The van der Waals surface area contributed by atoms with Gasteiger partial charge in [-0.15, -0.1) is 13.2 Å². The summed E-state index contributed by atoms with van der Waals surface area (Å²) in [6, 6.07) is 17.5. The van der Waals surface area contributed by atoms with E-state index in [1.54, 1.807) is 12.1 Å². The lowest BCUT2D eigenvalue weighted by Gasteiger charge is -2.19. The number of hydrogen-bond acceptors (Lipinski definition) is 5. The molecule has 0 spiro atoms. The maximum atomic E-state index is 12.6. The quantitative estimate of drug-likeness (QED) is 0.194. The van der Waals surface area contributed by atoms with Gasteiger partial charge in [-0.05, 0) is 61.2 Å². The molecule has 0 bridgehead atoms. The molecule has 1 heterocycles. The number of nitrogens with one attached hydrogen (secondary N) is 3. The summed E-state index contributed by atoms with van der Waals surface area (Å²) in [6.45, 7) is 4.33. The van der Waals surface area contributed by atoms with Crippen molar-refractivity contribution < 1.29 is 27.5 Å². The van der Waals surface area contributed by atoms with Crippen LogP contribution in [0.15, 0.2) is 76.7 Å². The molecule has 3 amide bonds. The van der Waals surface area contributed by atoms with Gasteiger partial charge in [0.1, 0.15) is 5.75 Å². The third-order valence-corrected chi connectivity index (χ3v) is 7.17. The minimum atomic E-state index is -4.76. The lowest BCUT2D eigenvalue weighted by molar-refractivity contribution is -0.274. The predicted molar refractivity (Wildman–Crippen MR) is 164 cm³/mol. The zero-order valence-electron chi connectivity index (χ0n) is 23.4. The number of alkyl halides is 3. The molecule has 1 aliphatic rings. The van der Waals surface area contributed by atoms with Gasteiger partial charge in [0.15, 0.2) is 11.0 Å². The highest BCUT2D eigenvalue weighted by Gasteiger charge is 2.32. The van der Waals surface area contributed by atoms with Gasteiger partial charge in [-0.1, -0.05) is 60.6 Å². The molecule has 0 aromatic heterocycles. The number of carbonyl (C=O) groups excluding carboxylic acids is 2. The number of carbonyl (C=O) groups is 2. The fraction of sp³-hybridized carbons (Fsp3) is 0.233. The fourth-order valence-electron chi connectivity index (χ4n) is 4.17. The Labute approximate surface area is 250 Å². The molecular weight excluding hydrogens is 581 g/mol. The summed E-state index contributed by atoms with van der Waals surface area (Å²) in [6.07, 6.45) is -2.22. The third-order valence-electron chi connectivity index (χ3n) is 6.25. The summed E-state index contributed by atoms with van der Waals surface area (Å²) in [5, 5.41) is 14.0. The van der Waals surface area contributed by atoms with Gasteiger partial charge in [-0.2, -0.15) is 4.99 Å². The second kappa shape index (κ2) is 14.0. The highest BCUT2D eigenvalue weighted by atomic mass is 32.2. The average molecular weight is 611 g/mol. The number of thioether (sulfide) groups is 1. The Kier molecular flexibility index (Phi) is 10.2. The summed E-state index contributed by atoms with van der Waals surface area (Å²) in [7, 11) is 0. The number of urea groups is 1. The number of aliphatic imine (C=N–C) groups is 2. The van der Waals surface area contributed by atoms with Crippen molar-refractivity contribution in [3.8, 4) is 5.75 Å². The summed E-state index contributed by atoms with van der Waals surface area (Å²) >= 11 is 1.23. The average Bonchev–Trinajstić information content (AvgIpc) is 3.32. The van der Waals surface area contributed by atoms with Crippen LogP contribution in [0.2, 0.25) is 0 Å². The van der Waals surface area contributed by atoms with Crippen LogP contribution in [-0.2, 0) is 17.6 Å². The Morgan fingerprint density at radius 2 is 1.84 bits per heavy atom. The molecule has 0 unspecified atom stereocenters. The van der Waals surface area contributed by atoms with Crippen LogP contribution in [0.1, 0.15) is 29.2 Å². The second-order valence-electron chi connectivity index (χ2n) is 9.40. The van der Waals surface area contributed by atoms with E-state index >= 15 is 0 Å². The van der Waals surface area contributed by atoms with Crippen LogP contribution in [-0.4, -0.2) is 47.9 Å². The summed E-state index contributed by atoms with van der Waals surface area (Å²) < 4.78 is 40.6. The van der Waals surface area contributed by atoms with E-state index in [1.807, 2.05) is 44.2 Å². The number of halogens is 3. The van der Waals surface area contributed by atoms with Crippen LogP contribution in [0.25, 0.3) is 0 Å². The molecule has 1 aliphatic heterocycles. The maximum absolute atomic E-state index is 12.6. The summed E-state index contributed by atoms with van der Waals surface area (Å²) in [5.74, 6) is -0.253. The molecule has 3 N–H and O–H groups in total. The van der Waals surface area contributed by atoms with Gasteiger partial charge in [-0.3, -0.25) is 15.1 Å². The molecule has 43 heavy (non-hydrogen) atoms. The van der Waals surface area contributed by atoms with E-state index in [2.05, 4.69) is 25.4 Å². The molecule has 13 heteroatoms. The molecule has 0 atom stereocenters. The number of anilines is 2. The van der Waals surface area contributed by atoms with Gasteiger partial charge >= 0.3 is 12.4 Å². The Bertz CT molecular complexity index is 1540. The number of nitrogens with zero attached hydrogens (tertiary/aromatic N) is 3. The monoisotopic (exact) mass is 610 g/mol. The van der Waals surface area contributed by atoms with E-state index in [0.29, 0.717) is 29.4 Å². The van der Waals surface area contributed by atoms with Crippen LogP contribution in [0.4, 0.5) is 29.3 Å². The first-order valence-corrected chi connectivity index (χ1v) is 14.3. The first kappa shape index (κ1) is 31.3. The van der Waals surface area contributed by atoms with Crippen molar-refractivity contribution in [2.75, 3.05) is 22.5 Å². The number of rotatable bonds is 9. The van der Waals surface area contributed by atoms with Gasteiger partial charge < -0.3 is 15.4 Å². The number of benzene rings is 3. The third kappa shape index (κ3) is 8.92. The smallest absolute Gasteiger partial charge is 0.406 e. The number of amidine groups is 2. The Hall–Kier alpha value is -4.65. The first-order chi connectivity index (χ1) is 20.5. The number of hydrogen-bond donors (Lipinski definition) is 3.